The second kappa shape index (κ2) is 13.7. The summed E-state index contributed by atoms with van der Waals surface area (Å²) in [5.74, 6) is -3.68. The molecule has 5 nitrogen and oxygen atoms in total. The lowest BCUT2D eigenvalue weighted by molar-refractivity contribution is -0.140. The first-order chi connectivity index (χ1) is 17.4. The molecule has 192 valence electrons. The Balaban J connectivity index is 1.44. The van der Waals surface area contributed by atoms with Crippen LogP contribution in [-0.2, 0) is 4.79 Å². The van der Waals surface area contributed by atoms with E-state index in [-0.39, 0.29) is 17.5 Å². The van der Waals surface area contributed by atoms with Crippen molar-refractivity contribution in [3.05, 3.63) is 59.2 Å². The normalized spacial score (nSPS) is 17.3. The highest BCUT2D eigenvalue weighted by Gasteiger charge is 2.27. The lowest BCUT2D eigenvalue weighted by Crippen LogP contribution is -2.25. The number of esters is 2. The van der Waals surface area contributed by atoms with E-state index in [2.05, 4.69) is 6.92 Å². The Morgan fingerprint density at radius 3 is 2.22 bits per heavy atom. The summed E-state index contributed by atoms with van der Waals surface area (Å²) in [4.78, 5) is 24.9. The third kappa shape index (κ3) is 7.61. The van der Waals surface area contributed by atoms with Gasteiger partial charge in [0.1, 0.15) is 11.8 Å². The van der Waals surface area contributed by atoms with Gasteiger partial charge < -0.3 is 9.47 Å². The van der Waals surface area contributed by atoms with E-state index in [4.69, 9.17) is 14.7 Å². The molecule has 1 fully saturated rings. The predicted octanol–water partition coefficient (Wildman–Crippen LogP) is 7.52. The van der Waals surface area contributed by atoms with E-state index in [9.17, 15) is 18.4 Å². The molecule has 0 atom stereocenters. The van der Waals surface area contributed by atoms with Gasteiger partial charge in [-0.05, 0) is 68.0 Å². The van der Waals surface area contributed by atoms with Crippen molar-refractivity contribution in [1.82, 2.24) is 0 Å². The second-order valence-electron chi connectivity index (χ2n) is 9.46. The summed E-state index contributed by atoms with van der Waals surface area (Å²) in [6, 6.07) is 9.28. The Morgan fingerprint density at radius 2 is 1.56 bits per heavy atom. The Morgan fingerprint density at radius 1 is 0.889 bits per heavy atom. The van der Waals surface area contributed by atoms with E-state index >= 15 is 0 Å². The Hall–Kier alpha value is -3.27. The fourth-order valence-electron chi connectivity index (χ4n) is 4.61. The molecule has 1 saturated carbocycles. The molecule has 3 rings (SSSR count). The van der Waals surface area contributed by atoms with Gasteiger partial charge in [-0.15, -0.1) is 0 Å². The molecule has 0 heterocycles. The van der Waals surface area contributed by atoms with Crippen molar-refractivity contribution >= 4 is 11.9 Å². The molecule has 7 heteroatoms. The number of ether oxygens (including phenoxy) is 2. The zero-order chi connectivity index (χ0) is 25.9. The molecule has 1 aliphatic rings. The number of nitrogens with zero attached hydrogens (tertiary/aromatic N) is 1. The fraction of sp³-hybridized carbons (Fsp3) is 0.483. The average Bonchev–Trinajstić information content (AvgIpc) is 2.89. The fourth-order valence-corrected chi connectivity index (χ4v) is 4.61. The first-order valence-electron chi connectivity index (χ1n) is 12.8. The van der Waals surface area contributed by atoms with E-state index in [0.29, 0.717) is 11.7 Å². The van der Waals surface area contributed by atoms with Gasteiger partial charge in [0, 0.05) is 0 Å². The molecule has 0 unspecified atom stereocenters. The molecule has 0 aliphatic heterocycles. The van der Waals surface area contributed by atoms with Crippen LogP contribution in [0.25, 0.3) is 0 Å². The molecule has 0 N–H and O–H groups in total. The lowest BCUT2D eigenvalue weighted by Gasteiger charge is -2.27. The average molecular weight is 498 g/mol. The summed E-state index contributed by atoms with van der Waals surface area (Å²) in [6.45, 7) is 2.23. The zero-order valence-electron chi connectivity index (χ0n) is 20.7. The first kappa shape index (κ1) is 27.3. The number of rotatable bonds is 11. The number of unbranched alkanes of at least 4 members (excludes halogenated alkanes) is 5. The molecule has 0 radical (unpaired) electrons. The molecule has 2 aromatic rings. The Kier molecular flexibility index (Phi) is 10.4. The third-order valence-corrected chi connectivity index (χ3v) is 6.82. The van der Waals surface area contributed by atoms with Gasteiger partial charge in [-0.1, -0.05) is 51.9 Å². The maximum absolute atomic E-state index is 14.0. The van der Waals surface area contributed by atoms with E-state index < -0.39 is 28.9 Å². The number of halogens is 2. The van der Waals surface area contributed by atoms with Crippen LogP contribution in [0.4, 0.5) is 8.78 Å². The van der Waals surface area contributed by atoms with Gasteiger partial charge >= 0.3 is 11.9 Å². The lowest BCUT2D eigenvalue weighted by atomic mass is 9.80. The summed E-state index contributed by atoms with van der Waals surface area (Å²) in [5.41, 5.74) is -0.404. The summed E-state index contributed by atoms with van der Waals surface area (Å²) < 4.78 is 38.2. The van der Waals surface area contributed by atoms with Gasteiger partial charge in [0.05, 0.1) is 17.0 Å². The molecule has 36 heavy (non-hydrogen) atoms. The molecule has 0 spiro atoms. The minimum atomic E-state index is -1.41. The number of hydrogen-bond acceptors (Lipinski definition) is 5. The Labute approximate surface area is 211 Å². The minimum Gasteiger partial charge on any atom is -0.426 e. The quantitative estimate of drug-likeness (QED) is 0.182. The number of hydrogen-bond donors (Lipinski definition) is 0. The molecule has 0 bridgehead atoms. The van der Waals surface area contributed by atoms with Gasteiger partial charge in [0.2, 0.25) is 5.82 Å². The van der Waals surface area contributed by atoms with Crippen LogP contribution in [0.1, 0.15) is 93.5 Å². The summed E-state index contributed by atoms with van der Waals surface area (Å²) in [6.07, 6.45) is 12.8. The summed E-state index contributed by atoms with van der Waals surface area (Å²) >= 11 is 0. The number of carbonyl (C=O) groups excluding carboxylic acids is 2. The third-order valence-electron chi connectivity index (χ3n) is 6.82. The van der Waals surface area contributed by atoms with E-state index in [0.717, 1.165) is 37.8 Å². The first-order valence-corrected chi connectivity index (χ1v) is 12.8. The van der Waals surface area contributed by atoms with Gasteiger partial charge in [0.15, 0.2) is 11.6 Å². The van der Waals surface area contributed by atoms with E-state index in [1.807, 2.05) is 0 Å². The van der Waals surface area contributed by atoms with Gasteiger partial charge in [0.25, 0.3) is 0 Å². The van der Waals surface area contributed by atoms with Crippen LogP contribution in [0.2, 0.25) is 0 Å². The standard InChI is InChI=1S/C29H33F2NO4/c1-2-3-4-5-6-7-8-20-9-11-21(12-10-20)28(33)35-24-16-13-22(14-17-24)29(34)36-25-18-15-23(19-32)26(30)27(25)31/h13-18,20-21H,2-12H2,1H3. The second-order valence-corrected chi connectivity index (χ2v) is 9.46. The molecular formula is C29H33F2NO4. The van der Waals surface area contributed by atoms with Crippen LogP contribution in [0.15, 0.2) is 36.4 Å². The molecule has 2 aromatic carbocycles. The highest BCUT2D eigenvalue weighted by Crippen LogP contribution is 2.33. The smallest absolute Gasteiger partial charge is 0.343 e. The monoisotopic (exact) mass is 497 g/mol. The van der Waals surface area contributed by atoms with Crippen LogP contribution in [0.5, 0.6) is 11.5 Å². The van der Waals surface area contributed by atoms with Crippen molar-refractivity contribution < 1.29 is 27.8 Å². The maximum Gasteiger partial charge on any atom is 0.343 e. The molecule has 0 saturated heterocycles. The highest BCUT2D eigenvalue weighted by molar-refractivity contribution is 5.91. The van der Waals surface area contributed by atoms with Crippen molar-refractivity contribution in [2.45, 2.75) is 77.6 Å². The van der Waals surface area contributed by atoms with Gasteiger partial charge in [-0.3, -0.25) is 4.79 Å². The van der Waals surface area contributed by atoms with E-state index in [1.165, 1.54) is 75.3 Å². The molecular weight excluding hydrogens is 464 g/mol. The topological polar surface area (TPSA) is 76.4 Å². The van der Waals surface area contributed by atoms with Crippen molar-refractivity contribution in [3.8, 4) is 17.6 Å². The van der Waals surface area contributed by atoms with Gasteiger partial charge in [-0.25, -0.2) is 9.18 Å². The summed E-state index contributed by atoms with van der Waals surface area (Å²) in [5, 5.41) is 8.74. The molecule has 1 aliphatic carbocycles. The Bertz CT molecular complexity index is 1070. The number of benzene rings is 2. The van der Waals surface area contributed by atoms with Crippen molar-refractivity contribution in [1.29, 1.82) is 5.26 Å². The summed E-state index contributed by atoms with van der Waals surface area (Å²) in [7, 11) is 0. The minimum absolute atomic E-state index is 0.0779. The maximum atomic E-state index is 14.0. The van der Waals surface area contributed by atoms with Crippen molar-refractivity contribution in [2.24, 2.45) is 11.8 Å². The van der Waals surface area contributed by atoms with Crippen LogP contribution < -0.4 is 9.47 Å². The van der Waals surface area contributed by atoms with Crippen LogP contribution in [-0.4, -0.2) is 11.9 Å². The van der Waals surface area contributed by atoms with Crippen LogP contribution in [0, 0.1) is 34.8 Å². The predicted molar refractivity (Wildman–Crippen MR) is 132 cm³/mol. The molecule has 0 aromatic heterocycles. The zero-order valence-corrected chi connectivity index (χ0v) is 20.7. The largest absolute Gasteiger partial charge is 0.426 e. The molecule has 0 amide bonds. The van der Waals surface area contributed by atoms with Crippen molar-refractivity contribution in [2.75, 3.05) is 0 Å². The van der Waals surface area contributed by atoms with Gasteiger partial charge in [-0.2, -0.15) is 9.65 Å². The van der Waals surface area contributed by atoms with Crippen LogP contribution in [0.3, 0.4) is 0 Å². The van der Waals surface area contributed by atoms with E-state index in [1.54, 1.807) is 0 Å². The number of carbonyl (C=O) groups is 2. The number of nitriles is 1. The highest BCUT2D eigenvalue weighted by atomic mass is 19.2. The van der Waals surface area contributed by atoms with Crippen LogP contribution >= 0.6 is 0 Å². The van der Waals surface area contributed by atoms with Crippen molar-refractivity contribution in [3.63, 3.8) is 0 Å². The SMILES string of the molecule is CCCCCCCCC1CCC(C(=O)Oc2ccc(C(=O)Oc3ccc(C#N)c(F)c3F)cc2)CC1.